The van der Waals surface area contributed by atoms with Crippen LogP contribution in [0.5, 0.6) is 0 Å². The summed E-state index contributed by atoms with van der Waals surface area (Å²) in [5.74, 6) is 0. The standard InChI is InChI=1S/C11H10Cl2N4O2S/c1-7(10-4-5-14-16-10)15-17-20(18,19)11-3-2-8(12)6-9(11)13/h2-6,17H,1H3,(H,14,16). The molecule has 0 saturated heterocycles. The van der Waals surface area contributed by atoms with Crippen molar-refractivity contribution in [3.05, 3.63) is 46.2 Å². The van der Waals surface area contributed by atoms with Gasteiger partial charge in [-0.2, -0.15) is 23.4 Å². The van der Waals surface area contributed by atoms with Crippen LogP contribution >= 0.6 is 23.2 Å². The fourth-order valence-corrected chi connectivity index (χ4v) is 3.02. The van der Waals surface area contributed by atoms with E-state index in [1.807, 2.05) is 0 Å². The highest BCUT2D eigenvalue weighted by molar-refractivity contribution is 7.89. The second-order valence-corrected chi connectivity index (χ2v) is 6.31. The van der Waals surface area contributed by atoms with Gasteiger partial charge in [0.05, 0.1) is 16.4 Å². The van der Waals surface area contributed by atoms with Gasteiger partial charge in [-0.05, 0) is 31.2 Å². The number of halogens is 2. The number of H-pyrrole nitrogens is 1. The van der Waals surface area contributed by atoms with E-state index in [1.165, 1.54) is 18.2 Å². The highest BCUT2D eigenvalue weighted by Crippen LogP contribution is 2.24. The molecule has 0 bridgehead atoms. The van der Waals surface area contributed by atoms with Crippen LogP contribution in [0.2, 0.25) is 10.0 Å². The van der Waals surface area contributed by atoms with Gasteiger partial charge in [0.15, 0.2) is 0 Å². The van der Waals surface area contributed by atoms with Crippen molar-refractivity contribution in [2.24, 2.45) is 5.10 Å². The van der Waals surface area contributed by atoms with E-state index >= 15 is 0 Å². The highest BCUT2D eigenvalue weighted by atomic mass is 35.5. The Bertz CT molecular complexity index is 742. The smallest absolute Gasteiger partial charge is 0.277 e. The number of hydrogen-bond donors (Lipinski definition) is 2. The molecule has 106 valence electrons. The molecule has 0 saturated carbocycles. The summed E-state index contributed by atoms with van der Waals surface area (Å²) in [6, 6.07) is 5.77. The Morgan fingerprint density at radius 3 is 2.70 bits per heavy atom. The predicted molar refractivity (Wildman–Crippen MR) is 77.6 cm³/mol. The first-order chi connectivity index (χ1) is 9.40. The molecule has 0 aliphatic rings. The molecular formula is C11H10Cl2N4O2S. The summed E-state index contributed by atoms with van der Waals surface area (Å²) in [6.45, 7) is 1.64. The molecule has 0 amide bonds. The lowest BCUT2D eigenvalue weighted by molar-refractivity contribution is 0.584. The largest absolute Gasteiger partial charge is 0.278 e. The predicted octanol–water partition coefficient (Wildman–Crippen LogP) is 2.42. The van der Waals surface area contributed by atoms with E-state index in [9.17, 15) is 8.42 Å². The molecule has 2 aromatic rings. The summed E-state index contributed by atoms with van der Waals surface area (Å²) in [7, 11) is -3.86. The summed E-state index contributed by atoms with van der Waals surface area (Å²) in [5.41, 5.74) is 1.05. The summed E-state index contributed by atoms with van der Waals surface area (Å²) < 4.78 is 24.1. The number of aromatic amines is 1. The van der Waals surface area contributed by atoms with E-state index in [4.69, 9.17) is 23.2 Å². The maximum absolute atomic E-state index is 12.1. The van der Waals surface area contributed by atoms with Crippen LogP contribution < -0.4 is 4.83 Å². The summed E-state index contributed by atoms with van der Waals surface area (Å²) in [4.78, 5) is 2.02. The number of benzene rings is 1. The van der Waals surface area contributed by atoms with Gasteiger partial charge < -0.3 is 0 Å². The van der Waals surface area contributed by atoms with Crippen LogP contribution in [0, 0.1) is 0 Å². The van der Waals surface area contributed by atoms with Crippen molar-refractivity contribution < 1.29 is 8.42 Å². The molecule has 2 N–H and O–H groups in total. The topological polar surface area (TPSA) is 87.2 Å². The first kappa shape index (κ1) is 14.8. The molecule has 9 heteroatoms. The lowest BCUT2D eigenvalue weighted by atomic mass is 10.3. The summed E-state index contributed by atoms with van der Waals surface area (Å²) >= 11 is 11.6. The Balaban J connectivity index is 2.26. The van der Waals surface area contributed by atoms with Gasteiger partial charge in [0.2, 0.25) is 0 Å². The summed E-state index contributed by atoms with van der Waals surface area (Å²) in [5, 5.41) is 10.6. The van der Waals surface area contributed by atoms with Gasteiger partial charge in [-0.15, -0.1) is 0 Å². The highest BCUT2D eigenvalue weighted by Gasteiger charge is 2.17. The van der Waals surface area contributed by atoms with Crippen molar-refractivity contribution in [3.8, 4) is 0 Å². The monoisotopic (exact) mass is 332 g/mol. The number of hydrogen-bond acceptors (Lipinski definition) is 4. The van der Waals surface area contributed by atoms with E-state index in [2.05, 4.69) is 20.1 Å². The number of hydrazone groups is 1. The fourth-order valence-electron chi connectivity index (χ4n) is 1.39. The molecule has 0 fully saturated rings. The zero-order valence-corrected chi connectivity index (χ0v) is 12.6. The van der Waals surface area contributed by atoms with Crippen molar-refractivity contribution in [1.29, 1.82) is 0 Å². The van der Waals surface area contributed by atoms with Gasteiger partial charge in [-0.3, -0.25) is 5.10 Å². The molecule has 0 aliphatic carbocycles. The third kappa shape index (κ3) is 3.30. The Kier molecular flexibility index (Phi) is 4.32. The summed E-state index contributed by atoms with van der Waals surface area (Å²) in [6.07, 6.45) is 1.54. The molecule has 1 aromatic carbocycles. The molecule has 20 heavy (non-hydrogen) atoms. The average Bonchev–Trinajstić information content (AvgIpc) is 2.89. The molecule has 0 aliphatic heterocycles. The minimum atomic E-state index is -3.86. The number of nitrogens with zero attached hydrogens (tertiary/aromatic N) is 2. The number of aromatic nitrogens is 2. The Morgan fingerprint density at radius 2 is 2.10 bits per heavy atom. The van der Waals surface area contributed by atoms with Crippen LogP contribution in [-0.4, -0.2) is 24.3 Å². The number of rotatable bonds is 4. The van der Waals surface area contributed by atoms with Crippen molar-refractivity contribution in [3.63, 3.8) is 0 Å². The first-order valence-electron chi connectivity index (χ1n) is 5.41. The number of sulfonamides is 1. The number of nitrogens with one attached hydrogen (secondary N) is 2. The molecular weight excluding hydrogens is 323 g/mol. The first-order valence-corrected chi connectivity index (χ1v) is 7.65. The quantitative estimate of drug-likeness (QED) is 0.665. The van der Waals surface area contributed by atoms with Gasteiger partial charge in [-0.25, -0.2) is 0 Å². The van der Waals surface area contributed by atoms with Crippen molar-refractivity contribution >= 4 is 38.9 Å². The maximum atomic E-state index is 12.1. The Morgan fingerprint density at radius 1 is 1.35 bits per heavy atom. The van der Waals surface area contributed by atoms with Gasteiger partial charge in [-0.1, -0.05) is 23.2 Å². The minimum absolute atomic E-state index is 0.0272. The SMILES string of the molecule is CC(=NNS(=O)(=O)c1ccc(Cl)cc1Cl)c1ccn[nH]1. The normalized spacial score (nSPS) is 12.4. The van der Waals surface area contributed by atoms with Crippen molar-refractivity contribution in [1.82, 2.24) is 15.0 Å². The molecule has 0 radical (unpaired) electrons. The Labute approximate surface area is 125 Å². The van der Waals surface area contributed by atoms with E-state index in [0.717, 1.165) is 0 Å². The molecule has 0 unspecified atom stereocenters. The molecule has 1 aromatic heterocycles. The third-order valence-corrected chi connectivity index (χ3v) is 4.33. The second-order valence-electron chi connectivity index (χ2n) is 3.84. The van der Waals surface area contributed by atoms with E-state index in [-0.39, 0.29) is 9.92 Å². The van der Waals surface area contributed by atoms with Gasteiger partial charge in [0, 0.05) is 11.2 Å². The van der Waals surface area contributed by atoms with E-state index < -0.39 is 10.0 Å². The van der Waals surface area contributed by atoms with Crippen LogP contribution in [0.3, 0.4) is 0 Å². The van der Waals surface area contributed by atoms with E-state index in [0.29, 0.717) is 16.4 Å². The zero-order chi connectivity index (χ0) is 14.8. The van der Waals surface area contributed by atoms with Crippen LogP contribution in [0.15, 0.2) is 40.5 Å². The molecule has 2 rings (SSSR count). The van der Waals surface area contributed by atoms with E-state index in [1.54, 1.807) is 19.2 Å². The minimum Gasteiger partial charge on any atom is -0.277 e. The van der Waals surface area contributed by atoms with Crippen LogP contribution in [0.4, 0.5) is 0 Å². The van der Waals surface area contributed by atoms with Gasteiger partial charge in [0.25, 0.3) is 10.0 Å². The molecule has 6 nitrogen and oxygen atoms in total. The Hall–Kier alpha value is -1.57. The average molecular weight is 333 g/mol. The van der Waals surface area contributed by atoms with Crippen LogP contribution in [0.1, 0.15) is 12.6 Å². The third-order valence-electron chi connectivity index (χ3n) is 2.41. The molecule has 1 heterocycles. The zero-order valence-electron chi connectivity index (χ0n) is 10.3. The molecule has 0 spiro atoms. The lowest BCUT2D eigenvalue weighted by Crippen LogP contribution is -2.20. The lowest BCUT2D eigenvalue weighted by Gasteiger charge is -2.06. The maximum Gasteiger partial charge on any atom is 0.278 e. The van der Waals surface area contributed by atoms with Crippen molar-refractivity contribution in [2.45, 2.75) is 11.8 Å². The van der Waals surface area contributed by atoms with Gasteiger partial charge >= 0.3 is 0 Å². The fraction of sp³-hybridized carbons (Fsp3) is 0.0909. The van der Waals surface area contributed by atoms with Gasteiger partial charge in [0.1, 0.15) is 4.90 Å². The van der Waals surface area contributed by atoms with Crippen LogP contribution in [0.25, 0.3) is 0 Å². The molecule has 0 atom stereocenters. The van der Waals surface area contributed by atoms with Crippen molar-refractivity contribution in [2.75, 3.05) is 0 Å². The second kappa shape index (κ2) is 5.82. The van der Waals surface area contributed by atoms with Crippen LogP contribution in [-0.2, 0) is 10.0 Å².